The van der Waals surface area contributed by atoms with E-state index in [1.807, 2.05) is 6.07 Å². The molecule has 1 aliphatic rings. The van der Waals surface area contributed by atoms with E-state index in [0.29, 0.717) is 4.90 Å². The lowest BCUT2D eigenvalue weighted by Gasteiger charge is -2.41. The highest BCUT2D eigenvalue weighted by Crippen LogP contribution is 2.46. The van der Waals surface area contributed by atoms with Crippen molar-refractivity contribution < 1.29 is 8.42 Å². The van der Waals surface area contributed by atoms with Crippen LogP contribution >= 0.6 is 15.9 Å². The summed E-state index contributed by atoms with van der Waals surface area (Å²) in [6.45, 7) is 0. The maximum absolute atomic E-state index is 12.7. The second-order valence-corrected chi connectivity index (χ2v) is 8.14. The minimum absolute atomic E-state index is 0.476. The van der Waals surface area contributed by atoms with Crippen LogP contribution in [0.3, 0.4) is 0 Å². The zero-order chi connectivity index (χ0) is 13.1. The van der Waals surface area contributed by atoms with Gasteiger partial charge in [0.05, 0.1) is 9.64 Å². The van der Waals surface area contributed by atoms with Gasteiger partial charge in [0.2, 0.25) is 0 Å². The van der Waals surface area contributed by atoms with Crippen molar-refractivity contribution in [2.24, 2.45) is 0 Å². The summed E-state index contributed by atoms with van der Waals surface area (Å²) in [6.07, 6.45) is 5.53. The molecule has 0 heterocycles. The molecule has 0 unspecified atom stereocenters. The standard InChI is InChI=1S/C14H19BrO2S/c15-12-5-4-9-14(10-6-11-14)18(16,17)13-7-2-1-3-8-13/h1-3,7-8H,4-6,9-12H2. The minimum atomic E-state index is -3.16. The fraction of sp³-hybridized carbons (Fsp3) is 0.571. The maximum Gasteiger partial charge on any atom is 0.184 e. The molecular weight excluding hydrogens is 312 g/mol. The van der Waals surface area contributed by atoms with Crippen molar-refractivity contribution in [3.63, 3.8) is 0 Å². The van der Waals surface area contributed by atoms with E-state index < -0.39 is 14.6 Å². The lowest BCUT2D eigenvalue weighted by atomic mass is 9.80. The Morgan fingerprint density at radius 1 is 1.11 bits per heavy atom. The molecule has 0 amide bonds. The first kappa shape index (κ1) is 14.1. The van der Waals surface area contributed by atoms with Crippen molar-refractivity contribution in [2.45, 2.75) is 48.2 Å². The van der Waals surface area contributed by atoms with Crippen LogP contribution in [0, 0.1) is 0 Å². The van der Waals surface area contributed by atoms with Gasteiger partial charge in [0.15, 0.2) is 9.84 Å². The van der Waals surface area contributed by atoms with Crippen molar-refractivity contribution in [1.29, 1.82) is 0 Å². The third-order valence-corrected chi connectivity index (χ3v) is 7.11. The van der Waals surface area contributed by atoms with Crippen LogP contribution in [0.1, 0.15) is 38.5 Å². The predicted molar refractivity (Wildman–Crippen MR) is 77.9 cm³/mol. The molecule has 1 aromatic rings. The molecule has 0 aliphatic heterocycles. The molecule has 0 aromatic heterocycles. The highest BCUT2D eigenvalue weighted by Gasteiger charge is 2.48. The quantitative estimate of drug-likeness (QED) is 0.584. The molecule has 0 N–H and O–H groups in total. The Morgan fingerprint density at radius 2 is 1.78 bits per heavy atom. The van der Waals surface area contributed by atoms with Gasteiger partial charge < -0.3 is 0 Å². The zero-order valence-electron chi connectivity index (χ0n) is 10.4. The monoisotopic (exact) mass is 330 g/mol. The van der Waals surface area contributed by atoms with Gasteiger partial charge in [-0.25, -0.2) is 8.42 Å². The highest BCUT2D eigenvalue weighted by atomic mass is 79.9. The van der Waals surface area contributed by atoms with Gasteiger partial charge in [-0.15, -0.1) is 0 Å². The molecule has 0 saturated heterocycles. The van der Waals surface area contributed by atoms with E-state index in [-0.39, 0.29) is 0 Å². The summed E-state index contributed by atoms with van der Waals surface area (Å²) in [5, 5.41) is 0.953. The van der Waals surface area contributed by atoms with E-state index in [1.165, 1.54) is 0 Å². The van der Waals surface area contributed by atoms with Gasteiger partial charge in [-0.3, -0.25) is 0 Å². The normalized spacial score (nSPS) is 18.3. The average Bonchev–Trinajstić information content (AvgIpc) is 2.33. The molecule has 1 aliphatic carbocycles. The van der Waals surface area contributed by atoms with Crippen molar-refractivity contribution in [2.75, 3.05) is 5.33 Å². The third-order valence-electron chi connectivity index (χ3n) is 3.90. The van der Waals surface area contributed by atoms with Gasteiger partial charge in [-0.05, 0) is 37.8 Å². The SMILES string of the molecule is O=S(=O)(c1ccccc1)C1(CCCCBr)CCC1. The number of rotatable bonds is 6. The van der Waals surface area contributed by atoms with Crippen LogP contribution in [0.2, 0.25) is 0 Å². The second-order valence-electron chi connectivity index (χ2n) is 5.00. The summed E-state index contributed by atoms with van der Waals surface area (Å²) in [7, 11) is -3.16. The summed E-state index contributed by atoms with van der Waals surface area (Å²) in [6, 6.07) is 8.91. The summed E-state index contributed by atoms with van der Waals surface area (Å²) in [5.41, 5.74) is 0. The van der Waals surface area contributed by atoms with Crippen molar-refractivity contribution in [3.8, 4) is 0 Å². The number of unbranched alkanes of at least 4 members (excludes halogenated alkanes) is 1. The molecule has 0 radical (unpaired) electrons. The van der Waals surface area contributed by atoms with Gasteiger partial charge in [0.25, 0.3) is 0 Å². The minimum Gasteiger partial charge on any atom is -0.223 e. The predicted octanol–water partition coefficient (Wildman–Crippen LogP) is 3.95. The van der Waals surface area contributed by atoms with Crippen LogP contribution in [-0.2, 0) is 9.84 Å². The molecular formula is C14H19BrO2S. The van der Waals surface area contributed by atoms with Crippen LogP contribution in [0.15, 0.2) is 35.2 Å². The zero-order valence-corrected chi connectivity index (χ0v) is 12.8. The molecule has 1 saturated carbocycles. The molecule has 4 heteroatoms. The van der Waals surface area contributed by atoms with Crippen LogP contribution in [0.5, 0.6) is 0 Å². The molecule has 0 atom stereocenters. The molecule has 0 spiro atoms. The Labute approximate surface area is 118 Å². The fourth-order valence-corrected chi connectivity index (χ4v) is 5.27. The van der Waals surface area contributed by atoms with Gasteiger partial charge in [0.1, 0.15) is 0 Å². The number of sulfone groups is 1. The van der Waals surface area contributed by atoms with Crippen LogP contribution in [0.4, 0.5) is 0 Å². The molecule has 0 bridgehead atoms. The first-order chi connectivity index (χ1) is 8.62. The Kier molecular flexibility index (Phi) is 4.49. The fourth-order valence-electron chi connectivity index (χ4n) is 2.62. The van der Waals surface area contributed by atoms with Crippen LogP contribution in [0.25, 0.3) is 0 Å². The highest BCUT2D eigenvalue weighted by molar-refractivity contribution is 9.09. The van der Waals surface area contributed by atoms with Gasteiger partial charge in [0, 0.05) is 5.33 Å². The van der Waals surface area contributed by atoms with Crippen molar-refractivity contribution in [1.82, 2.24) is 0 Å². The van der Waals surface area contributed by atoms with E-state index in [0.717, 1.165) is 43.9 Å². The topological polar surface area (TPSA) is 34.1 Å². The summed E-state index contributed by atoms with van der Waals surface area (Å²) >= 11 is 3.40. The van der Waals surface area contributed by atoms with Gasteiger partial charge >= 0.3 is 0 Å². The number of alkyl halides is 1. The largest absolute Gasteiger partial charge is 0.223 e. The summed E-state index contributed by atoms with van der Waals surface area (Å²) in [5.74, 6) is 0. The number of halogens is 1. The van der Waals surface area contributed by atoms with Gasteiger partial charge in [-0.1, -0.05) is 47.0 Å². The Balaban J connectivity index is 2.21. The lowest BCUT2D eigenvalue weighted by molar-refractivity contribution is 0.311. The van der Waals surface area contributed by atoms with Crippen molar-refractivity contribution >= 4 is 25.8 Å². The first-order valence-corrected chi connectivity index (χ1v) is 9.08. The van der Waals surface area contributed by atoms with Crippen LogP contribution < -0.4 is 0 Å². The molecule has 2 nitrogen and oxygen atoms in total. The third kappa shape index (κ3) is 2.50. The molecule has 2 rings (SSSR count). The average molecular weight is 331 g/mol. The molecule has 1 fully saturated rings. The van der Waals surface area contributed by atoms with E-state index in [2.05, 4.69) is 15.9 Å². The Bertz CT molecular complexity index is 478. The smallest absolute Gasteiger partial charge is 0.184 e. The van der Waals surface area contributed by atoms with E-state index in [4.69, 9.17) is 0 Å². The number of benzene rings is 1. The molecule has 1 aromatic carbocycles. The van der Waals surface area contributed by atoms with Crippen molar-refractivity contribution in [3.05, 3.63) is 30.3 Å². The maximum atomic E-state index is 12.7. The number of hydrogen-bond donors (Lipinski definition) is 0. The number of hydrogen-bond acceptors (Lipinski definition) is 2. The lowest BCUT2D eigenvalue weighted by Crippen LogP contribution is -2.45. The van der Waals surface area contributed by atoms with E-state index in [1.54, 1.807) is 24.3 Å². The Morgan fingerprint density at radius 3 is 2.28 bits per heavy atom. The summed E-state index contributed by atoms with van der Waals surface area (Å²) in [4.78, 5) is 0.489. The summed E-state index contributed by atoms with van der Waals surface area (Å²) < 4.78 is 25.0. The molecule has 18 heavy (non-hydrogen) atoms. The Hall–Kier alpha value is -0.350. The first-order valence-electron chi connectivity index (χ1n) is 6.48. The van der Waals surface area contributed by atoms with Crippen LogP contribution in [-0.4, -0.2) is 18.5 Å². The van der Waals surface area contributed by atoms with E-state index >= 15 is 0 Å². The van der Waals surface area contributed by atoms with E-state index in [9.17, 15) is 8.42 Å². The van der Waals surface area contributed by atoms with Gasteiger partial charge in [-0.2, -0.15) is 0 Å². The molecule has 100 valence electrons. The second kappa shape index (κ2) is 5.74.